The Bertz CT molecular complexity index is 553. The van der Waals surface area contributed by atoms with Gasteiger partial charge in [-0.1, -0.05) is 0 Å². The van der Waals surface area contributed by atoms with Gasteiger partial charge in [0.2, 0.25) is 5.82 Å². The van der Waals surface area contributed by atoms with Crippen LogP contribution in [0.2, 0.25) is 0 Å². The molecular formula is C9H7F5O3S. The fourth-order valence-corrected chi connectivity index (χ4v) is 2.33. The van der Waals surface area contributed by atoms with Crippen LogP contribution in [0.1, 0.15) is 13.8 Å². The molecule has 0 radical (unpaired) electrons. The van der Waals surface area contributed by atoms with Gasteiger partial charge >= 0.3 is 10.1 Å². The van der Waals surface area contributed by atoms with Gasteiger partial charge in [0.15, 0.2) is 28.2 Å². The van der Waals surface area contributed by atoms with E-state index in [-0.39, 0.29) is 0 Å². The third-order valence-corrected chi connectivity index (χ3v) is 3.24. The fraction of sp³-hybridized carbons (Fsp3) is 0.333. The molecule has 0 spiro atoms. The first-order chi connectivity index (χ1) is 8.09. The first-order valence-corrected chi connectivity index (χ1v) is 5.95. The summed E-state index contributed by atoms with van der Waals surface area (Å²) in [6, 6.07) is 0. The van der Waals surface area contributed by atoms with Gasteiger partial charge in [-0.05, 0) is 13.8 Å². The summed E-state index contributed by atoms with van der Waals surface area (Å²) in [5.74, 6) is -12.0. The molecule has 0 heterocycles. The number of benzene rings is 1. The SMILES string of the molecule is CC(C)OS(=O)(=O)c1c(F)c(F)c(F)c(F)c1F. The molecule has 1 aromatic carbocycles. The van der Waals surface area contributed by atoms with Crippen LogP contribution < -0.4 is 0 Å². The van der Waals surface area contributed by atoms with Gasteiger partial charge in [-0.2, -0.15) is 8.42 Å². The van der Waals surface area contributed by atoms with Crippen LogP contribution >= 0.6 is 0 Å². The Morgan fingerprint density at radius 1 is 0.833 bits per heavy atom. The molecule has 0 aliphatic rings. The maximum absolute atomic E-state index is 13.2. The van der Waals surface area contributed by atoms with Crippen molar-refractivity contribution < 1.29 is 34.6 Å². The van der Waals surface area contributed by atoms with E-state index in [1.54, 1.807) is 0 Å². The molecule has 0 saturated carbocycles. The molecule has 0 aromatic heterocycles. The zero-order chi connectivity index (χ0) is 14.2. The first-order valence-electron chi connectivity index (χ1n) is 4.54. The van der Waals surface area contributed by atoms with E-state index < -0.39 is 50.2 Å². The van der Waals surface area contributed by atoms with Crippen LogP contribution in [0.25, 0.3) is 0 Å². The van der Waals surface area contributed by atoms with Crippen molar-refractivity contribution in [3.63, 3.8) is 0 Å². The minimum absolute atomic E-state index is 1.02. The van der Waals surface area contributed by atoms with Crippen LogP contribution in [0.3, 0.4) is 0 Å². The van der Waals surface area contributed by atoms with Gasteiger partial charge in [-0.3, -0.25) is 4.18 Å². The van der Waals surface area contributed by atoms with E-state index in [1.165, 1.54) is 13.8 Å². The second-order valence-electron chi connectivity index (χ2n) is 3.50. The zero-order valence-electron chi connectivity index (χ0n) is 9.10. The molecule has 0 N–H and O–H groups in total. The molecule has 3 nitrogen and oxygen atoms in total. The predicted octanol–water partition coefficient (Wildman–Crippen LogP) is 2.50. The number of rotatable bonds is 3. The lowest BCUT2D eigenvalue weighted by Crippen LogP contribution is -2.18. The minimum Gasteiger partial charge on any atom is -0.263 e. The summed E-state index contributed by atoms with van der Waals surface area (Å²) in [6.45, 7) is 2.42. The molecule has 9 heteroatoms. The summed E-state index contributed by atoms with van der Waals surface area (Å²) in [6.07, 6.45) is -1.02. The van der Waals surface area contributed by atoms with E-state index in [1.807, 2.05) is 0 Å². The van der Waals surface area contributed by atoms with Crippen LogP contribution in [0, 0.1) is 29.1 Å². The summed E-state index contributed by atoms with van der Waals surface area (Å²) in [5.41, 5.74) is 0. The van der Waals surface area contributed by atoms with Gasteiger partial charge in [-0.15, -0.1) is 0 Å². The Kier molecular flexibility index (Phi) is 3.96. The lowest BCUT2D eigenvalue weighted by molar-refractivity contribution is 0.243. The largest absolute Gasteiger partial charge is 0.303 e. The average molecular weight is 290 g/mol. The number of hydrogen-bond acceptors (Lipinski definition) is 3. The molecule has 0 saturated heterocycles. The smallest absolute Gasteiger partial charge is 0.263 e. The summed E-state index contributed by atoms with van der Waals surface area (Å²) in [5, 5.41) is 0. The van der Waals surface area contributed by atoms with Gasteiger partial charge in [0.05, 0.1) is 6.10 Å². The van der Waals surface area contributed by atoms with E-state index in [4.69, 9.17) is 0 Å². The quantitative estimate of drug-likeness (QED) is 0.372. The Hall–Kier alpha value is -1.22. The number of hydrogen-bond donors (Lipinski definition) is 0. The molecule has 0 fully saturated rings. The van der Waals surface area contributed by atoms with E-state index in [9.17, 15) is 30.4 Å². The van der Waals surface area contributed by atoms with Gasteiger partial charge in [0.25, 0.3) is 0 Å². The number of halogens is 5. The maximum Gasteiger partial charge on any atom is 0.303 e. The highest BCUT2D eigenvalue weighted by Crippen LogP contribution is 2.28. The Balaban J connectivity index is 3.62. The highest BCUT2D eigenvalue weighted by molar-refractivity contribution is 7.86. The molecule has 0 amide bonds. The Morgan fingerprint density at radius 2 is 1.17 bits per heavy atom. The van der Waals surface area contributed by atoms with E-state index in [0.717, 1.165) is 0 Å². The molecule has 0 atom stereocenters. The minimum atomic E-state index is -5.08. The van der Waals surface area contributed by atoms with Crippen LogP contribution in [0.5, 0.6) is 0 Å². The van der Waals surface area contributed by atoms with Crippen LogP contribution in [0.4, 0.5) is 22.0 Å². The molecule has 0 aliphatic heterocycles. The maximum atomic E-state index is 13.2. The van der Waals surface area contributed by atoms with E-state index in [0.29, 0.717) is 0 Å². The Morgan fingerprint density at radius 3 is 1.50 bits per heavy atom. The molecule has 0 bridgehead atoms. The molecule has 0 unspecified atom stereocenters. The van der Waals surface area contributed by atoms with Crippen molar-refractivity contribution in [1.29, 1.82) is 0 Å². The van der Waals surface area contributed by atoms with Crippen LogP contribution in [-0.4, -0.2) is 14.5 Å². The van der Waals surface area contributed by atoms with Crippen molar-refractivity contribution in [3.8, 4) is 0 Å². The van der Waals surface area contributed by atoms with Crippen molar-refractivity contribution in [2.24, 2.45) is 0 Å². The highest BCUT2D eigenvalue weighted by Gasteiger charge is 2.34. The van der Waals surface area contributed by atoms with Crippen molar-refractivity contribution in [3.05, 3.63) is 29.1 Å². The zero-order valence-corrected chi connectivity index (χ0v) is 9.92. The molecule has 102 valence electrons. The normalized spacial score (nSPS) is 12.2. The first kappa shape index (κ1) is 14.8. The summed E-state index contributed by atoms with van der Waals surface area (Å²) < 4.78 is 91.5. The van der Waals surface area contributed by atoms with Crippen LogP contribution in [-0.2, 0) is 14.3 Å². The standard InChI is InChI=1S/C9H7F5O3S/c1-3(2)17-18(15,16)9-7(13)5(11)4(10)6(12)8(9)14/h3H,1-2H3. The second kappa shape index (κ2) is 4.81. The van der Waals surface area contributed by atoms with Crippen molar-refractivity contribution in [1.82, 2.24) is 0 Å². The highest BCUT2D eigenvalue weighted by atomic mass is 32.2. The van der Waals surface area contributed by atoms with Gasteiger partial charge < -0.3 is 0 Å². The second-order valence-corrected chi connectivity index (χ2v) is 5.01. The third kappa shape index (κ3) is 2.46. The fourth-order valence-electron chi connectivity index (χ4n) is 1.11. The Labute approximate surface area is 99.3 Å². The molecule has 1 rings (SSSR count). The molecule has 1 aromatic rings. The average Bonchev–Trinajstić information content (AvgIpc) is 2.21. The topological polar surface area (TPSA) is 43.4 Å². The van der Waals surface area contributed by atoms with Crippen molar-refractivity contribution >= 4 is 10.1 Å². The third-order valence-electron chi connectivity index (χ3n) is 1.74. The lowest BCUT2D eigenvalue weighted by Gasteiger charge is -2.11. The monoisotopic (exact) mass is 290 g/mol. The van der Waals surface area contributed by atoms with Crippen LogP contribution in [0.15, 0.2) is 4.90 Å². The van der Waals surface area contributed by atoms with E-state index in [2.05, 4.69) is 4.18 Å². The summed E-state index contributed by atoms with van der Waals surface area (Å²) in [4.78, 5) is -1.99. The predicted molar refractivity (Wildman–Crippen MR) is 49.6 cm³/mol. The van der Waals surface area contributed by atoms with Gasteiger partial charge in [-0.25, -0.2) is 22.0 Å². The molecular weight excluding hydrogens is 283 g/mol. The van der Waals surface area contributed by atoms with E-state index >= 15 is 0 Å². The summed E-state index contributed by atoms with van der Waals surface area (Å²) in [7, 11) is -5.08. The molecule has 18 heavy (non-hydrogen) atoms. The molecule has 0 aliphatic carbocycles. The van der Waals surface area contributed by atoms with Gasteiger partial charge in [0.1, 0.15) is 0 Å². The van der Waals surface area contributed by atoms with Crippen molar-refractivity contribution in [2.75, 3.05) is 0 Å². The van der Waals surface area contributed by atoms with Gasteiger partial charge in [0, 0.05) is 0 Å². The summed E-state index contributed by atoms with van der Waals surface area (Å²) >= 11 is 0. The van der Waals surface area contributed by atoms with Crippen molar-refractivity contribution in [2.45, 2.75) is 24.8 Å². The lowest BCUT2D eigenvalue weighted by atomic mass is 10.3.